The van der Waals surface area contributed by atoms with E-state index in [1.807, 2.05) is 105 Å². The third-order valence-corrected chi connectivity index (χ3v) is 5.91. The molecule has 0 saturated carbocycles. The summed E-state index contributed by atoms with van der Waals surface area (Å²) in [6.07, 6.45) is 2.11. The van der Waals surface area contributed by atoms with Crippen molar-refractivity contribution in [3.8, 4) is 5.88 Å². The largest absolute Gasteiger partial charge is 0.475 e. The molecule has 0 aliphatic rings. The van der Waals surface area contributed by atoms with Gasteiger partial charge < -0.3 is 10.1 Å². The number of amides is 1. The molecule has 0 radical (unpaired) electrons. The number of anilines is 1. The van der Waals surface area contributed by atoms with E-state index in [-0.39, 0.29) is 12.0 Å². The highest BCUT2D eigenvalue weighted by atomic mass is 35.5. The van der Waals surface area contributed by atoms with Crippen molar-refractivity contribution < 1.29 is 9.53 Å². The average molecular weight is 471 g/mol. The molecule has 0 saturated heterocycles. The first-order chi connectivity index (χ1) is 16.5. The van der Waals surface area contributed by atoms with Crippen LogP contribution in [0, 0.1) is 0 Å². The third kappa shape index (κ3) is 5.29. The second-order valence-corrected chi connectivity index (χ2v) is 8.88. The Morgan fingerprint density at radius 3 is 1.97 bits per heavy atom. The van der Waals surface area contributed by atoms with Crippen molar-refractivity contribution in [1.82, 2.24) is 4.98 Å². The summed E-state index contributed by atoms with van der Waals surface area (Å²) in [4.78, 5) is 18.5. The number of pyridine rings is 1. The fourth-order valence-electron chi connectivity index (χ4n) is 4.07. The molecule has 0 unspecified atom stereocenters. The topological polar surface area (TPSA) is 51.2 Å². The summed E-state index contributed by atoms with van der Waals surface area (Å²) in [5, 5.41) is 3.77. The van der Waals surface area contributed by atoms with Gasteiger partial charge in [-0.1, -0.05) is 84.4 Å². The summed E-state index contributed by atoms with van der Waals surface area (Å²) in [5.74, 6) is 0.380. The maximum absolute atomic E-state index is 14.2. The Labute approximate surface area is 205 Å². The Hall–Kier alpha value is -3.63. The normalized spacial score (nSPS) is 11.3. The first-order valence-electron chi connectivity index (χ1n) is 11.3. The fraction of sp³-hybridized carbons (Fsp3) is 0.172. The lowest BCUT2D eigenvalue weighted by molar-refractivity contribution is -0.120. The number of ether oxygens (including phenoxy) is 1. The van der Waals surface area contributed by atoms with Gasteiger partial charge in [-0.05, 0) is 55.2 Å². The quantitative estimate of drug-likeness (QED) is 0.312. The Balaban J connectivity index is 1.78. The second-order valence-electron chi connectivity index (χ2n) is 8.45. The van der Waals surface area contributed by atoms with Crippen LogP contribution in [0.1, 0.15) is 30.5 Å². The molecule has 4 rings (SSSR count). The number of benzene rings is 3. The van der Waals surface area contributed by atoms with Gasteiger partial charge in [0.05, 0.1) is 18.0 Å². The molecular formula is C29H27ClN2O2. The van der Waals surface area contributed by atoms with Crippen LogP contribution in [0.2, 0.25) is 5.02 Å². The van der Waals surface area contributed by atoms with Crippen molar-refractivity contribution in [2.75, 3.05) is 5.32 Å². The number of carbonyl (C=O) groups excluding carboxylic acids is 1. The van der Waals surface area contributed by atoms with Crippen molar-refractivity contribution in [3.63, 3.8) is 0 Å². The Morgan fingerprint density at radius 1 is 0.882 bits per heavy atom. The van der Waals surface area contributed by atoms with Crippen molar-refractivity contribution in [3.05, 3.63) is 125 Å². The minimum absolute atomic E-state index is 0.0242. The highest BCUT2D eigenvalue weighted by Crippen LogP contribution is 2.37. The molecular weight excluding hydrogens is 444 g/mol. The van der Waals surface area contributed by atoms with Crippen LogP contribution in [0.25, 0.3) is 0 Å². The second kappa shape index (κ2) is 10.5. The summed E-state index contributed by atoms with van der Waals surface area (Å²) >= 11 is 6.13. The van der Waals surface area contributed by atoms with E-state index in [1.54, 1.807) is 12.3 Å². The number of nitrogens with zero attached hydrogens (tertiary/aromatic N) is 1. The van der Waals surface area contributed by atoms with Gasteiger partial charge in [0.1, 0.15) is 5.41 Å². The molecule has 1 N–H and O–H groups in total. The van der Waals surface area contributed by atoms with E-state index in [1.165, 1.54) is 0 Å². The van der Waals surface area contributed by atoms with E-state index >= 15 is 0 Å². The minimum atomic E-state index is -0.969. The van der Waals surface area contributed by atoms with E-state index in [4.69, 9.17) is 16.3 Å². The Morgan fingerprint density at radius 2 is 1.47 bits per heavy atom. The molecule has 4 aromatic rings. The molecule has 0 aliphatic carbocycles. The number of halogens is 1. The molecule has 0 bridgehead atoms. The molecule has 0 atom stereocenters. The van der Waals surface area contributed by atoms with Crippen LogP contribution in [-0.4, -0.2) is 17.0 Å². The number of nitrogens with one attached hydrogen (secondary N) is 1. The van der Waals surface area contributed by atoms with Gasteiger partial charge in [-0.2, -0.15) is 0 Å². The zero-order chi connectivity index (χ0) is 24.0. The van der Waals surface area contributed by atoms with Crippen molar-refractivity contribution in [2.24, 2.45) is 0 Å². The number of hydrogen-bond acceptors (Lipinski definition) is 3. The summed E-state index contributed by atoms with van der Waals surface area (Å²) in [5.41, 5.74) is 2.45. The molecule has 1 amide bonds. The molecule has 1 heterocycles. The standard InChI is InChI=1S/C29H27ClN2O2/c1-21(2)34-27-18-17-26(20-31-27)32-28(33)29(23-9-5-3-6-10-23,24-11-7-4-8-12-24)19-22-13-15-25(30)16-14-22/h3-18,20-21H,19H2,1-2H3,(H,32,33). The molecule has 1 aromatic heterocycles. The third-order valence-electron chi connectivity index (χ3n) is 5.65. The van der Waals surface area contributed by atoms with Crippen molar-refractivity contribution in [1.29, 1.82) is 0 Å². The van der Waals surface area contributed by atoms with Crippen LogP contribution >= 0.6 is 11.6 Å². The number of aromatic nitrogens is 1. The van der Waals surface area contributed by atoms with Crippen molar-refractivity contribution >= 4 is 23.2 Å². The highest BCUT2D eigenvalue weighted by Gasteiger charge is 2.42. The van der Waals surface area contributed by atoms with E-state index < -0.39 is 5.41 Å². The summed E-state index contributed by atoms with van der Waals surface area (Å²) in [6, 6.07) is 31.0. The first-order valence-corrected chi connectivity index (χ1v) is 11.6. The van der Waals surface area contributed by atoms with Crippen LogP contribution in [0.5, 0.6) is 5.88 Å². The molecule has 3 aromatic carbocycles. The Kier molecular flexibility index (Phi) is 7.29. The van der Waals surface area contributed by atoms with Gasteiger partial charge in [0, 0.05) is 11.1 Å². The van der Waals surface area contributed by atoms with Gasteiger partial charge in [-0.3, -0.25) is 4.79 Å². The number of rotatable bonds is 8. The van der Waals surface area contributed by atoms with E-state index in [9.17, 15) is 4.79 Å². The van der Waals surface area contributed by atoms with Crippen LogP contribution in [-0.2, 0) is 16.6 Å². The van der Waals surface area contributed by atoms with Gasteiger partial charge >= 0.3 is 0 Å². The van der Waals surface area contributed by atoms with Crippen LogP contribution in [0.15, 0.2) is 103 Å². The summed E-state index contributed by atoms with van der Waals surface area (Å²) in [7, 11) is 0. The average Bonchev–Trinajstić information content (AvgIpc) is 2.85. The lowest BCUT2D eigenvalue weighted by atomic mass is 9.69. The van der Waals surface area contributed by atoms with E-state index in [0.29, 0.717) is 23.0 Å². The molecule has 172 valence electrons. The highest BCUT2D eigenvalue weighted by molar-refractivity contribution is 6.30. The van der Waals surface area contributed by atoms with Gasteiger partial charge in [0.2, 0.25) is 11.8 Å². The maximum atomic E-state index is 14.2. The zero-order valence-electron chi connectivity index (χ0n) is 19.2. The SMILES string of the molecule is CC(C)Oc1ccc(NC(=O)C(Cc2ccc(Cl)cc2)(c2ccccc2)c2ccccc2)cn1. The zero-order valence-corrected chi connectivity index (χ0v) is 20.0. The summed E-state index contributed by atoms with van der Waals surface area (Å²) in [6.45, 7) is 3.89. The fourth-order valence-corrected chi connectivity index (χ4v) is 4.20. The smallest absolute Gasteiger partial charge is 0.239 e. The summed E-state index contributed by atoms with van der Waals surface area (Å²) < 4.78 is 5.63. The minimum Gasteiger partial charge on any atom is -0.475 e. The first kappa shape index (κ1) is 23.5. The van der Waals surface area contributed by atoms with Gasteiger partial charge in [-0.25, -0.2) is 4.98 Å². The van der Waals surface area contributed by atoms with E-state index in [2.05, 4.69) is 10.3 Å². The number of carbonyl (C=O) groups is 1. The van der Waals surface area contributed by atoms with Crippen molar-refractivity contribution in [2.45, 2.75) is 31.8 Å². The van der Waals surface area contributed by atoms with Gasteiger partial charge in [0.25, 0.3) is 0 Å². The van der Waals surface area contributed by atoms with Gasteiger partial charge in [0.15, 0.2) is 0 Å². The predicted octanol–water partition coefficient (Wildman–Crippen LogP) is 6.69. The monoisotopic (exact) mass is 470 g/mol. The molecule has 0 spiro atoms. The lowest BCUT2D eigenvalue weighted by Crippen LogP contribution is -2.43. The maximum Gasteiger partial charge on any atom is 0.239 e. The molecule has 34 heavy (non-hydrogen) atoms. The number of hydrogen-bond donors (Lipinski definition) is 1. The van der Waals surface area contributed by atoms with Crippen LogP contribution in [0.3, 0.4) is 0 Å². The van der Waals surface area contributed by atoms with E-state index in [0.717, 1.165) is 16.7 Å². The van der Waals surface area contributed by atoms with Crippen LogP contribution < -0.4 is 10.1 Å². The molecule has 0 fully saturated rings. The molecule has 4 nitrogen and oxygen atoms in total. The molecule has 5 heteroatoms. The molecule has 0 aliphatic heterocycles. The Bertz CT molecular complexity index is 1170. The predicted molar refractivity (Wildman–Crippen MR) is 137 cm³/mol. The van der Waals surface area contributed by atoms with Gasteiger partial charge in [-0.15, -0.1) is 0 Å². The lowest BCUT2D eigenvalue weighted by Gasteiger charge is -2.34. The van der Waals surface area contributed by atoms with Crippen LogP contribution in [0.4, 0.5) is 5.69 Å².